The molecule has 22 heavy (non-hydrogen) atoms. The number of fused-ring (bicyclic) bond motifs is 1. The van der Waals surface area contributed by atoms with E-state index >= 15 is 0 Å². The van der Waals surface area contributed by atoms with Crippen molar-refractivity contribution in [2.45, 2.75) is 26.8 Å². The predicted octanol–water partition coefficient (Wildman–Crippen LogP) is 2.04. The van der Waals surface area contributed by atoms with Gasteiger partial charge in [-0.15, -0.1) is 0 Å². The summed E-state index contributed by atoms with van der Waals surface area (Å²) in [6, 6.07) is 4.93. The molecule has 1 heterocycles. The van der Waals surface area contributed by atoms with Gasteiger partial charge in [-0.2, -0.15) is 0 Å². The number of hydrogen-bond acceptors (Lipinski definition) is 5. The van der Waals surface area contributed by atoms with Crippen molar-refractivity contribution in [3.63, 3.8) is 0 Å². The van der Waals surface area contributed by atoms with Crippen LogP contribution in [0.15, 0.2) is 18.2 Å². The van der Waals surface area contributed by atoms with E-state index in [-0.39, 0.29) is 18.4 Å². The van der Waals surface area contributed by atoms with Gasteiger partial charge in [0.25, 0.3) is 0 Å². The number of nitrogens with one attached hydrogen (secondary N) is 1. The average molecular weight is 306 g/mol. The molecule has 1 N–H and O–H groups in total. The van der Waals surface area contributed by atoms with E-state index in [0.29, 0.717) is 18.0 Å². The summed E-state index contributed by atoms with van der Waals surface area (Å²) < 4.78 is 10.4. The van der Waals surface area contributed by atoms with Gasteiger partial charge in [0.15, 0.2) is 0 Å². The molecule has 0 spiro atoms. The minimum absolute atomic E-state index is 0.0864. The number of anilines is 2. The third-order valence-electron chi connectivity index (χ3n) is 3.37. The summed E-state index contributed by atoms with van der Waals surface area (Å²) in [6.07, 6.45) is 0. The van der Waals surface area contributed by atoms with E-state index in [1.165, 1.54) is 4.90 Å². The number of rotatable bonds is 5. The fraction of sp³-hybridized carbons (Fsp3) is 0.500. The summed E-state index contributed by atoms with van der Waals surface area (Å²) in [5.74, 6) is 0.394. The van der Waals surface area contributed by atoms with Crippen LogP contribution in [0, 0.1) is 5.92 Å². The normalized spacial score (nSPS) is 17.0. The summed E-state index contributed by atoms with van der Waals surface area (Å²) in [7, 11) is 1.58. The standard InChI is InChI=1S/C16H22N2O4/c1-10(2)9-22-15(19)8-18-14-6-5-12(21-4)7-13(14)17-11(3)16(18)20/h5-7,10-11,17H,8-9H2,1-4H3. The number of carbonyl (C=O) groups is 2. The summed E-state index contributed by atoms with van der Waals surface area (Å²) in [6.45, 7) is 5.96. The van der Waals surface area contributed by atoms with E-state index in [9.17, 15) is 9.59 Å². The lowest BCUT2D eigenvalue weighted by Gasteiger charge is -2.33. The van der Waals surface area contributed by atoms with Gasteiger partial charge in [0, 0.05) is 6.07 Å². The van der Waals surface area contributed by atoms with Crippen molar-refractivity contribution in [1.29, 1.82) is 0 Å². The highest BCUT2D eigenvalue weighted by molar-refractivity contribution is 6.07. The highest BCUT2D eigenvalue weighted by Gasteiger charge is 2.31. The highest BCUT2D eigenvalue weighted by Crippen LogP contribution is 2.34. The first-order valence-electron chi connectivity index (χ1n) is 7.34. The molecule has 1 atom stereocenters. The summed E-state index contributed by atoms with van der Waals surface area (Å²) in [4.78, 5) is 25.7. The molecule has 0 radical (unpaired) electrons. The molecule has 6 nitrogen and oxygen atoms in total. The number of methoxy groups -OCH3 is 1. The van der Waals surface area contributed by atoms with E-state index in [4.69, 9.17) is 9.47 Å². The van der Waals surface area contributed by atoms with Crippen LogP contribution in [-0.2, 0) is 14.3 Å². The first kappa shape index (κ1) is 16.1. The lowest BCUT2D eigenvalue weighted by atomic mass is 10.1. The third-order valence-corrected chi connectivity index (χ3v) is 3.37. The molecule has 0 fully saturated rings. The number of ether oxygens (including phenoxy) is 2. The molecule has 1 amide bonds. The molecule has 1 unspecified atom stereocenters. The molecule has 1 aliphatic rings. The molecule has 6 heteroatoms. The second-order valence-electron chi connectivity index (χ2n) is 5.75. The lowest BCUT2D eigenvalue weighted by Crippen LogP contribution is -2.48. The number of esters is 1. The third kappa shape index (κ3) is 3.50. The van der Waals surface area contributed by atoms with Gasteiger partial charge in [0.05, 0.1) is 25.1 Å². The van der Waals surface area contributed by atoms with Gasteiger partial charge in [-0.05, 0) is 25.0 Å². The molecule has 1 aromatic rings. The van der Waals surface area contributed by atoms with Gasteiger partial charge in [-0.25, -0.2) is 0 Å². The Hall–Kier alpha value is -2.24. The number of nitrogens with zero attached hydrogens (tertiary/aromatic N) is 1. The highest BCUT2D eigenvalue weighted by atomic mass is 16.5. The monoisotopic (exact) mass is 306 g/mol. The van der Waals surface area contributed by atoms with Crippen LogP contribution in [0.2, 0.25) is 0 Å². The van der Waals surface area contributed by atoms with Crippen LogP contribution in [0.1, 0.15) is 20.8 Å². The molecule has 1 aliphatic heterocycles. The zero-order valence-electron chi connectivity index (χ0n) is 13.4. The van der Waals surface area contributed by atoms with Gasteiger partial charge in [0.1, 0.15) is 18.3 Å². The molecular weight excluding hydrogens is 284 g/mol. The van der Waals surface area contributed by atoms with Crippen molar-refractivity contribution < 1.29 is 19.1 Å². The van der Waals surface area contributed by atoms with Crippen molar-refractivity contribution in [2.75, 3.05) is 30.5 Å². The number of hydrogen-bond donors (Lipinski definition) is 1. The Morgan fingerprint density at radius 1 is 1.41 bits per heavy atom. The summed E-state index contributed by atoms with van der Waals surface area (Å²) in [5.41, 5.74) is 1.42. The first-order valence-corrected chi connectivity index (χ1v) is 7.34. The van der Waals surface area contributed by atoms with Crippen LogP contribution in [0.5, 0.6) is 5.75 Å². The first-order chi connectivity index (χ1) is 10.4. The molecule has 0 aliphatic carbocycles. The van der Waals surface area contributed by atoms with Gasteiger partial charge < -0.3 is 14.8 Å². The Morgan fingerprint density at radius 2 is 2.14 bits per heavy atom. The average Bonchev–Trinajstić information content (AvgIpc) is 2.49. The second kappa shape index (κ2) is 6.68. The molecule has 0 saturated heterocycles. The molecule has 120 valence electrons. The van der Waals surface area contributed by atoms with Crippen molar-refractivity contribution in [3.8, 4) is 5.75 Å². The summed E-state index contributed by atoms with van der Waals surface area (Å²) >= 11 is 0. The zero-order chi connectivity index (χ0) is 16.3. The minimum Gasteiger partial charge on any atom is -0.497 e. The second-order valence-corrected chi connectivity index (χ2v) is 5.75. The molecule has 1 aromatic carbocycles. The van der Waals surface area contributed by atoms with Crippen molar-refractivity contribution in [3.05, 3.63) is 18.2 Å². The largest absolute Gasteiger partial charge is 0.497 e. The predicted molar refractivity (Wildman–Crippen MR) is 84.2 cm³/mol. The molecule has 2 rings (SSSR count). The Labute approximate surface area is 130 Å². The number of amides is 1. The van der Waals surface area contributed by atoms with Gasteiger partial charge in [-0.1, -0.05) is 13.8 Å². The maximum atomic E-state index is 12.3. The fourth-order valence-corrected chi connectivity index (χ4v) is 2.24. The van der Waals surface area contributed by atoms with Crippen LogP contribution < -0.4 is 15.0 Å². The van der Waals surface area contributed by atoms with E-state index in [1.54, 1.807) is 26.2 Å². The van der Waals surface area contributed by atoms with E-state index in [2.05, 4.69) is 5.32 Å². The molecule has 0 aromatic heterocycles. The maximum Gasteiger partial charge on any atom is 0.326 e. The van der Waals surface area contributed by atoms with Crippen LogP contribution in [0.25, 0.3) is 0 Å². The number of benzene rings is 1. The minimum atomic E-state index is -0.405. The van der Waals surface area contributed by atoms with Crippen molar-refractivity contribution in [1.82, 2.24) is 0 Å². The Morgan fingerprint density at radius 3 is 2.77 bits per heavy atom. The van der Waals surface area contributed by atoms with Gasteiger partial charge in [0.2, 0.25) is 5.91 Å². The van der Waals surface area contributed by atoms with Gasteiger partial charge in [-0.3, -0.25) is 14.5 Å². The molecular formula is C16H22N2O4. The van der Waals surface area contributed by atoms with Crippen molar-refractivity contribution >= 4 is 23.3 Å². The maximum absolute atomic E-state index is 12.3. The van der Waals surface area contributed by atoms with Crippen LogP contribution in [0.3, 0.4) is 0 Å². The molecule has 0 saturated carbocycles. The Bertz CT molecular complexity index is 571. The Kier molecular flexibility index (Phi) is 4.90. The zero-order valence-corrected chi connectivity index (χ0v) is 13.4. The number of carbonyl (C=O) groups excluding carboxylic acids is 2. The topological polar surface area (TPSA) is 67.9 Å². The SMILES string of the molecule is COc1ccc2c(c1)NC(C)C(=O)N2CC(=O)OCC(C)C. The van der Waals surface area contributed by atoms with E-state index in [0.717, 1.165) is 5.69 Å². The van der Waals surface area contributed by atoms with E-state index < -0.39 is 12.0 Å². The fourth-order valence-electron chi connectivity index (χ4n) is 2.24. The quantitative estimate of drug-likeness (QED) is 0.843. The summed E-state index contributed by atoms with van der Waals surface area (Å²) in [5, 5.41) is 3.11. The van der Waals surface area contributed by atoms with Crippen LogP contribution in [-0.4, -0.2) is 38.2 Å². The van der Waals surface area contributed by atoms with Crippen LogP contribution >= 0.6 is 0 Å². The van der Waals surface area contributed by atoms with Gasteiger partial charge >= 0.3 is 5.97 Å². The van der Waals surface area contributed by atoms with E-state index in [1.807, 2.05) is 19.9 Å². The van der Waals surface area contributed by atoms with Crippen molar-refractivity contribution in [2.24, 2.45) is 5.92 Å². The molecule has 0 bridgehead atoms. The smallest absolute Gasteiger partial charge is 0.326 e. The lowest BCUT2D eigenvalue weighted by molar-refractivity contribution is -0.144. The van der Waals surface area contributed by atoms with Crippen LogP contribution in [0.4, 0.5) is 11.4 Å². The Balaban J connectivity index is 2.20.